The van der Waals surface area contributed by atoms with E-state index >= 15 is 0 Å². The summed E-state index contributed by atoms with van der Waals surface area (Å²) in [4.78, 5) is 0. The normalized spacial score (nSPS) is 10.3. The molecule has 88 valence electrons. The van der Waals surface area contributed by atoms with Crippen molar-refractivity contribution in [1.82, 2.24) is 0 Å². The first-order valence-electron chi connectivity index (χ1n) is 4.84. The zero-order valence-corrected chi connectivity index (χ0v) is 12.6. The van der Waals surface area contributed by atoms with E-state index in [-0.39, 0.29) is 0 Å². The predicted octanol–water partition coefficient (Wildman–Crippen LogP) is 5.19. The minimum atomic E-state index is 0.611. The Balaban J connectivity index is 2.38. The van der Waals surface area contributed by atoms with Crippen LogP contribution in [-0.4, -0.2) is 0 Å². The van der Waals surface area contributed by atoms with Crippen molar-refractivity contribution in [2.45, 2.75) is 0 Å². The minimum Gasteiger partial charge on any atom is -0.397 e. The number of nitrogens with two attached hydrogens (primary N) is 1. The van der Waals surface area contributed by atoms with E-state index in [9.17, 15) is 0 Å². The van der Waals surface area contributed by atoms with E-state index in [0.29, 0.717) is 10.7 Å². The molecule has 0 radical (unpaired) electrons. The first kappa shape index (κ1) is 12.7. The third-order valence-corrected chi connectivity index (χ3v) is 3.79. The molecular formula is C12H9Br2ClN2. The predicted molar refractivity (Wildman–Crippen MR) is 81.0 cm³/mol. The lowest BCUT2D eigenvalue weighted by Gasteiger charge is -2.12. The highest BCUT2D eigenvalue weighted by Gasteiger charge is 2.06. The fourth-order valence-electron chi connectivity index (χ4n) is 1.40. The van der Waals surface area contributed by atoms with Gasteiger partial charge in [-0.05, 0) is 62.2 Å². The van der Waals surface area contributed by atoms with E-state index in [1.54, 1.807) is 12.1 Å². The monoisotopic (exact) mass is 374 g/mol. The maximum absolute atomic E-state index is 5.89. The molecule has 0 aromatic heterocycles. The second-order valence-electron chi connectivity index (χ2n) is 3.45. The first-order chi connectivity index (χ1) is 8.08. The van der Waals surface area contributed by atoms with Crippen molar-refractivity contribution in [3.8, 4) is 0 Å². The molecule has 0 atom stereocenters. The van der Waals surface area contributed by atoms with Gasteiger partial charge in [-0.2, -0.15) is 0 Å². The van der Waals surface area contributed by atoms with Gasteiger partial charge in [0.2, 0.25) is 0 Å². The van der Waals surface area contributed by atoms with E-state index < -0.39 is 0 Å². The van der Waals surface area contributed by atoms with Gasteiger partial charge in [-0.15, -0.1) is 0 Å². The Kier molecular flexibility index (Phi) is 3.97. The average Bonchev–Trinajstić information content (AvgIpc) is 2.26. The van der Waals surface area contributed by atoms with Gasteiger partial charge in [-0.3, -0.25) is 0 Å². The highest BCUT2D eigenvalue weighted by atomic mass is 79.9. The summed E-state index contributed by atoms with van der Waals surface area (Å²) in [5.41, 5.74) is 8.26. The van der Waals surface area contributed by atoms with E-state index in [0.717, 1.165) is 20.3 Å². The number of hydrogen-bond donors (Lipinski definition) is 2. The smallest absolute Gasteiger partial charge is 0.0673 e. The fraction of sp³-hybridized carbons (Fsp3) is 0. The van der Waals surface area contributed by atoms with Gasteiger partial charge >= 0.3 is 0 Å². The highest BCUT2D eigenvalue weighted by molar-refractivity contribution is 9.11. The number of hydrogen-bond acceptors (Lipinski definition) is 2. The van der Waals surface area contributed by atoms with Crippen LogP contribution in [0, 0.1) is 0 Å². The van der Waals surface area contributed by atoms with Crippen LogP contribution in [0.25, 0.3) is 0 Å². The van der Waals surface area contributed by atoms with Crippen molar-refractivity contribution in [2.24, 2.45) is 0 Å². The van der Waals surface area contributed by atoms with Gasteiger partial charge in [0, 0.05) is 14.0 Å². The Morgan fingerprint density at radius 1 is 1.06 bits per heavy atom. The Labute approximate surface area is 121 Å². The number of nitrogen functional groups attached to an aromatic ring is 1. The summed E-state index contributed by atoms with van der Waals surface area (Å²) in [7, 11) is 0. The van der Waals surface area contributed by atoms with Crippen LogP contribution in [0.4, 0.5) is 17.1 Å². The molecule has 3 N–H and O–H groups in total. The molecule has 0 aliphatic carbocycles. The SMILES string of the molecule is Nc1cc(Cl)ccc1Nc1c(Br)cccc1Br. The first-order valence-corrected chi connectivity index (χ1v) is 6.80. The molecule has 0 saturated heterocycles. The van der Waals surface area contributed by atoms with Gasteiger partial charge in [0.25, 0.3) is 0 Å². The molecule has 0 unspecified atom stereocenters. The molecule has 0 amide bonds. The van der Waals surface area contributed by atoms with E-state index in [4.69, 9.17) is 17.3 Å². The summed E-state index contributed by atoms with van der Waals surface area (Å²) in [6, 6.07) is 11.2. The third-order valence-electron chi connectivity index (χ3n) is 2.24. The molecule has 2 rings (SSSR count). The number of nitrogens with one attached hydrogen (secondary N) is 1. The van der Waals surface area contributed by atoms with Gasteiger partial charge in [0.05, 0.1) is 17.1 Å². The molecule has 0 aliphatic rings. The molecule has 0 saturated carbocycles. The molecule has 0 bridgehead atoms. The molecule has 0 heterocycles. The largest absolute Gasteiger partial charge is 0.397 e. The Morgan fingerprint density at radius 2 is 1.71 bits per heavy atom. The topological polar surface area (TPSA) is 38.0 Å². The lowest BCUT2D eigenvalue weighted by atomic mass is 10.2. The van der Waals surface area contributed by atoms with Gasteiger partial charge in [0.1, 0.15) is 0 Å². The van der Waals surface area contributed by atoms with Crippen LogP contribution in [-0.2, 0) is 0 Å². The number of rotatable bonds is 2. The minimum absolute atomic E-state index is 0.611. The van der Waals surface area contributed by atoms with E-state index in [1.807, 2.05) is 24.3 Å². The van der Waals surface area contributed by atoms with Crippen LogP contribution in [0.3, 0.4) is 0 Å². The van der Waals surface area contributed by atoms with Gasteiger partial charge < -0.3 is 11.1 Å². The van der Waals surface area contributed by atoms with Crippen molar-refractivity contribution in [3.63, 3.8) is 0 Å². The van der Waals surface area contributed by atoms with Crippen LogP contribution in [0.2, 0.25) is 5.02 Å². The maximum atomic E-state index is 5.89. The van der Waals surface area contributed by atoms with Crippen LogP contribution < -0.4 is 11.1 Å². The number of para-hydroxylation sites is 1. The van der Waals surface area contributed by atoms with Gasteiger partial charge in [-0.1, -0.05) is 17.7 Å². The molecule has 0 fully saturated rings. The van der Waals surface area contributed by atoms with E-state index in [1.165, 1.54) is 0 Å². The summed E-state index contributed by atoms with van der Waals surface area (Å²) in [6.45, 7) is 0. The Bertz CT molecular complexity index is 538. The van der Waals surface area contributed by atoms with Crippen molar-refractivity contribution in [3.05, 3.63) is 50.4 Å². The zero-order chi connectivity index (χ0) is 12.4. The highest BCUT2D eigenvalue weighted by Crippen LogP contribution is 2.35. The number of anilines is 3. The second-order valence-corrected chi connectivity index (χ2v) is 5.60. The summed E-state index contributed by atoms with van der Waals surface area (Å²) < 4.78 is 1.92. The molecule has 2 aromatic rings. The lowest BCUT2D eigenvalue weighted by Crippen LogP contribution is -1.97. The molecular weight excluding hydrogens is 367 g/mol. The van der Waals surface area contributed by atoms with Crippen LogP contribution in [0.15, 0.2) is 45.3 Å². The van der Waals surface area contributed by atoms with Gasteiger partial charge in [0.15, 0.2) is 0 Å². The van der Waals surface area contributed by atoms with E-state index in [2.05, 4.69) is 37.2 Å². The standard InChI is InChI=1S/C12H9Br2ClN2/c13-8-2-1-3-9(14)12(8)17-11-5-4-7(15)6-10(11)16/h1-6,17H,16H2. The average molecular weight is 376 g/mol. The molecule has 0 spiro atoms. The maximum Gasteiger partial charge on any atom is 0.0673 e. The quantitative estimate of drug-likeness (QED) is 0.708. The second kappa shape index (κ2) is 5.29. The van der Waals surface area contributed by atoms with Crippen molar-refractivity contribution in [1.29, 1.82) is 0 Å². The summed E-state index contributed by atoms with van der Waals surface area (Å²) in [5, 5.41) is 3.88. The third kappa shape index (κ3) is 2.94. The van der Waals surface area contributed by atoms with Crippen molar-refractivity contribution in [2.75, 3.05) is 11.1 Å². The summed E-state index contributed by atoms with van der Waals surface area (Å²) in [6.07, 6.45) is 0. The number of halogens is 3. The van der Waals surface area contributed by atoms with Crippen molar-refractivity contribution >= 4 is 60.5 Å². The van der Waals surface area contributed by atoms with Crippen LogP contribution in [0.1, 0.15) is 0 Å². The lowest BCUT2D eigenvalue weighted by molar-refractivity contribution is 1.50. The molecule has 5 heteroatoms. The molecule has 2 nitrogen and oxygen atoms in total. The van der Waals surface area contributed by atoms with Crippen molar-refractivity contribution < 1.29 is 0 Å². The molecule has 0 aliphatic heterocycles. The summed E-state index contributed by atoms with van der Waals surface area (Å²) >= 11 is 12.8. The fourth-order valence-corrected chi connectivity index (χ4v) is 2.78. The van der Waals surface area contributed by atoms with Gasteiger partial charge in [-0.25, -0.2) is 0 Å². The number of benzene rings is 2. The van der Waals surface area contributed by atoms with Crippen LogP contribution >= 0.6 is 43.5 Å². The Hall–Kier alpha value is -0.710. The Morgan fingerprint density at radius 3 is 2.29 bits per heavy atom. The molecule has 2 aromatic carbocycles. The zero-order valence-electron chi connectivity index (χ0n) is 8.68. The molecule has 17 heavy (non-hydrogen) atoms. The summed E-state index contributed by atoms with van der Waals surface area (Å²) in [5.74, 6) is 0. The van der Waals surface area contributed by atoms with Crippen LogP contribution in [0.5, 0.6) is 0 Å².